The summed E-state index contributed by atoms with van der Waals surface area (Å²) < 4.78 is 5.03. The zero-order chi connectivity index (χ0) is 15.4. The van der Waals surface area contributed by atoms with Crippen molar-refractivity contribution in [2.75, 3.05) is 13.2 Å². The fourth-order valence-electron chi connectivity index (χ4n) is 2.54. The van der Waals surface area contributed by atoms with E-state index in [2.05, 4.69) is 10.3 Å². The Labute approximate surface area is 124 Å². The minimum absolute atomic E-state index is 0.0221. The normalized spacial score (nSPS) is 23.0. The molecule has 21 heavy (non-hydrogen) atoms. The van der Waals surface area contributed by atoms with E-state index in [-0.39, 0.29) is 24.3 Å². The molecule has 0 fully saturated rings. The van der Waals surface area contributed by atoms with Crippen molar-refractivity contribution in [3.8, 4) is 0 Å². The van der Waals surface area contributed by atoms with Crippen molar-refractivity contribution in [3.05, 3.63) is 35.1 Å². The van der Waals surface area contributed by atoms with E-state index in [0.717, 1.165) is 16.8 Å². The van der Waals surface area contributed by atoms with Crippen molar-refractivity contribution in [1.82, 2.24) is 5.32 Å². The number of allylic oxidation sites excluding steroid dienone is 3. The van der Waals surface area contributed by atoms with E-state index < -0.39 is 0 Å². The van der Waals surface area contributed by atoms with Crippen LogP contribution in [0.5, 0.6) is 0 Å². The van der Waals surface area contributed by atoms with Crippen LogP contribution in [0, 0.1) is 5.92 Å². The van der Waals surface area contributed by atoms with Gasteiger partial charge in [0.05, 0.1) is 5.71 Å². The van der Waals surface area contributed by atoms with Gasteiger partial charge in [0.25, 0.3) is 11.8 Å². The third-order valence-electron chi connectivity index (χ3n) is 3.61. The summed E-state index contributed by atoms with van der Waals surface area (Å²) in [5.74, 6) is -0.318. The lowest BCUT2D eigenvalue weighted by Crippen LogP contribution is -2.36. The Morgan fingerprint density at radius 1 is 1.43 bits per heavy atom. The smallest absolute Gasteiger partial charge is 0.272 e. The van der Waals surface area contributed by atoms with Gasteiger partial charge < -0.3 is 10.1 Å². The van der Waals surface area contributed by atoms with Crippen molar-refractivity contribution in [2.45, 2.75) is 27.2 Å². The number of carbonyl (C=O) groups is 2. The summed E-state index contributed by atoms with van der Waals surface area (Å²) in [7, 11) is 0. The number of nitrogens with zero attached hydrogens (tertiary/aromatic N) is 1. The predicted octanol–water partition coefficient (Wildman–Crippen LogP) is 1.92. The molecule has 1 unspecified atom stereocenters. The summed E-state index contributed by atoms with van der Waals surface area (Å²) in [6, 6.07) is 0. The SMILES string of the molecule is CCOCC(=O)N=C1C=CC2C(=C1)NC(=O)C(CC)=C2C. The second-order valence-electron chi connectivity index (χ2n) is 4.97. The maximum Gasteiger partial charge on any atom is 0.272 e. The molecule has 0 spiro atoms. The average molecular weight is 288 g/mol. The number of fused-ring (bicyclic) bond motifs is 1. The molecule has 0 aromatic rings. The second kappa shape index (κ2) is 6.63. The van der Waals surface area contributed by atoms with Crippen LogP contribution in [-0.4, -0.2) is 30.7 Å². The lowest BCUT2D eigenvalue weighted by molar-refractivity contribution is -0.122. The molecule has 1 N–H and O–H groups in total. The van der Waals surface area contributed by atoms with E-state index in [1.165, 1.54) is 0 Å². The fourth-order valence-corrected chi connectivity index (χ4v) is 2.54. The molecule has 112 valence electrons. The van der Waals surface area contributed by atoms with E-state index in [4.69, 9.17) is 4.74 Å². The minimum atomic E-state index is -0.324. The number of ether oxygens (including phenoxy) is 1. The summed E-state index contributed by atoms with van der Waals surface area (Å²) in [6.07, 6.45) is 6.24. The standard InChI is InChI=1S/C16H20N2O3/c1-4-12-10(3)13-7-6-11(8-14(13)18-16(12)20)17-15(19)9-21-5-2/h6-8,13H,4-5,9H2,1-3H3,(H,18,20). The van der Waals surface area contributed by atoms with Crippen molar-refractivity contribution in [3.63, 3.8) is 0 Å². The fraction of sp³-hybridized carbons (Fsp3) is 0.438. The molecule has 2 aliphatic rings. The summed E-state index contributed by atoms with van der Waals surface area (Å²) in [5, 5.41) is 2.89. The van der Waals surface area contributed by atoms with Gasteiger partial charge in [0.15, 0.2) is 0 Å². The van der Waals surface area contributed by atoms with Gasteiger partial charge in [0.1, 0.15) is 6.61 Å². The lowest BCUT2D eigenvalue weighted by atomic mass is 9.84. The van der Waals surface area contributed by atoms with Gasteiger partial charge in [0, 0.05) is 23.8 Å². The Morgan fingerprint density at radius 3 is 2.86 bits per heavy atom. The highest BCUT2D eigenvalue weighted by molar-refractivity contribution is 6.11. The van der Waals surface area contributed by atoms with Gasteiger partial charge in [0.2, 0.25) is 0 Å². The van der Waals surface area contributed by atoms with Crippen molar-refractivity contribution < 1.29 is 14.3 Å². The Balaban J connectivity index is 2.21. The topological polar surface area (TPSA) is 67.8 Å². The Hall–Kier alpha value is -2.01. The van der Waals surface area contributed by atoms with Crippen molar-refractivity contribution in [2.24, 2.45) is 10.9 Å². The van der Waals surface area contributed by atoms with Gasteiger partial charge >= 0.3 is 0 Å². The third-order valence-corrected chi connectivity index (χ3v) is 3.61. The minimum Gasteiger partial charge on any atom is -0.372 e. The monoisotopic (exact) mass is 288 g/mol. The number of hydrogen-bond donors (Lipinski definition) is 1. The van der Waals surface area contributed by atoms with Crippen LogP contribution in [0.25, 0.3) is 0 Å². The maximum absolute atomic E-state index is 12.0. The third kappa shape index (κ3) is 3.36. The van der Waals surface area contributed by atoms with Crippen molar-refractivity contribution in [1.29, 1.82) is 0 Å². The zero-order valence-corrected chi connectivity index (χ0v) is 12.6. The van der Waals surface area contributed by atoms with Crippen LogP contribution in [0.1, 0.15) is 27.2 Å². The molecule has 1 aliphatic carbocycles. The summed E-state index contributed by atoms with van der Waals surface area (Å²) in [4.78, 5) is 27.6. The Kier molecular flexibility index (Phi) is 4.85. The summed E-state index contributed by atoms with van der Waals surface area (Å²) in [6.45, 7) is 6.23. The van der Waals surface area contributed by atoms with Crippen LogP contribution in [0.4, 0.5) is 0 Å². The number of hydrogen-bond acceptors (Lipinski definition) is 3. The largest absolute Gasteiger partial charge is 0.372 e. The van der Waals surface area contributed by atoms with Crippen LogP contribution in [0.3, 0.4) is 0 Å². The molecule has 0 aromatic carbocycles. The first-order valence-corrected chi connectivity index (χ1v) is 7.16. The maximum atomic E-state index is 12.0. The first-order valence-electron chi connectivity index (χ1n) is 7.16. The van der Waals surface area contributed by atoms with Crippen LogP contribution >= 0.6 is 0 Å². The molecule has 0 saturated carbocycles. The highest BCUT2D eigenvalue weighted by Gasteiger charge is 2.28. The second-order valence-corrected chi connectivity index (χ2v) is 4.97. The van der Waals surface area contributed by atoms with Crippen molar-refractivity contribution >= 4 is 17.5 Å². The predicted molar refractivity (Wildman–Crippen MR) is 80.8 cm³/mol. The highest BCUT2D eigenvalue weighted by Crippen LogP contribution is 2.31. The number of nitrogens with one attached hydrogen (secondary N) is 1. The molecule has 5 nitrogen and oxygen atoms in total. The molecule has 0 radical (unpaired) electrons. The molecule has 1 atom stereocenters. The molecule has 2 amide bonds. The molecule has 2 rings (SSSR count). The van der Waals surface area contributed by atoms with Gasteiger partial charge in [-0.15, -0.1) is 0 Å². The van der Waals surface area contributed by atoms with E-state index >= 15 is 0 Å². The van der Waals surface area contributed by atoms with E-state index in [1.54, 1.807) is 6.08 Å². The molecule has 0 aromatic heterocycles. The van der Waals surface area contributed by atoms with Gasteiger partial charge in [-0.05, 0) is 32.4 Å². The number of amides is 2. The number of carbonyl (C=O) groups excluding carboxylic acids is 2. The molecule has 0 bridgehead atoms. The highest BCUT2D eigenvalue weighted by atomic mass is 16.5. The summed E-state index contributed by atoms with van der Waals surface area (Å²) in [5.41, 5.74) is 3.21. The zero-order valence-electron chi connectivity index (χ0n) is 12.6. The molecule has 5 heteroatoms. The Morgan fingerprint density at radius 2 is 2.19 bits per heavy atom. The lowest BCUT2D eigenvalue weighted by Gasteiger charge is -2.29. The van der Waals surface area contributed by atoms with Gasteiger partial charge in [-0.3, -0.25) is 9.59 Å². The quantitative estimate of drug-likeness (QED) is 0.859. The van der Waals surface area contributed by atoms with Gasteiger partial charge in [-0.1, -0.05) is 18.6 Å². The van der Waals surface area contributed by atoms with Gasteiger partial charge in [-0.2, -0.15) is 0 Å². The number of aliphatic imine (C=N–C) groups is 1. The first kappa shape index (κ1) is 15.4. The molecular weight excluding hydrogens is 268 g/mol. The number of rotatable bonds is 4. The van der Waals surface area contributed by atoms with E-state index in [1.807, 2.05) is 32.9 Å². The van der Waals surface area contributed by atoms with E-state index in [0.29, 0.717) is 18.7 Å². The molecule has 0 saturated heterocycles. The van der Waals surface area contributed by atoms with Gasteiger partial charge in [-0.25, -0.2) is 4.99 Å². The summed E-state index contributed by atoms with van der Waals surface area (Å²) >= 11 is 0. The van der Waals surface area contributed by atoms with Crippen LogP contribution in [0.15, 0.2) is 40.1 Å². The molecule has 1 heterocycles. The molecular formula is C16H20N2O3. The van der Waals surface area contributed by atoms with Crippen LogP contribution in [0.2, 0.25) is 0 Å². The van der Waals surface area contributed by atoms with E-state index in [9.17, 15) is 9.59 Å². The first-order chi connectivity index (χ1) is 10.1. The molecule has 1 aliphatic heterocycles. The van der Waals surface area contributed by atoms with Crippen LogP contribution < -0.4 is 5.32 Å². The Bertz CT molecular complexity index is 582. The van der Waals surface area contributed by atoms with Crippen LogP contribution in [-0.2, 0) is 14.3 Å². The average Bonchev–Trinajstić information content (AvgIpc) is 2.45.